The minimum Gasteiger partial charge on any atom is -0.870 e. The van der Waals surface area contributed by atoms with Crippen LogP contribution in [0.1, 0.15) is 33.4 Å². The van der Waals surface area contributed by atoms with E-state index in [0.29, 0.717) is 0 Å². The maximum atomic E-state index is 12.6. The van der Waals surface area contributed by atoms with Crippen LogP contribution in [0.15, 0.2) is 140 Å². The average molecular weight is 1470 g/mol. The molecule has 0 atom stereocenters. The van der Waals surface area contributed by atoms with Gasteiger partial charge in [-0.3, -0.25) is 0 Å². The van der Waals surface area contributed by atoms with Crippen LogP contribution in [0.3, 0.4) is 0 Å². The molecular weight excluding hydrogens is 1410 g/mol. The van der Waals surface area contributed by atoms with Crippen LogP contribution in [0.25, 0.3) is 0 Å². The molecule has 0 bridgehead atoms. The number of hydrogen-bond acceptors (Lipinski definition) is 20. The second kappa shape index (κ2) is 35.1. The Morgan fingerprint density at radius 1 is 0.306 bits per heavy atom. The van der Waals surface area contributed by atoms with E-state index < -0.39 is 13.0 Å². The summed E-state index contributed by atoms with van der Waals surface area (Å²) in [6, 6.07) is 29.0. The van der Waals surface area contributed by atoms with Gasteiger partial charge in [-0.25, -0.2) is 28.7 Å². The normalized spacial score (nSPS) is 11.3. The fourth-order valence-corrected chi connectivity index (χ4v) is 11.3. The van der Waals surface area contributed by atoms with E-state index in [0.717, 1.165) is 0 Å². The first-order valence-corrected chi connectivity index (χ1v) is 29.4. The van der Waals surface area contributed by atoms with Crippen LogP contribution < -0.4 is 59.1 Å². The minimum atomic E-state index is -3.17. The van der Waals surface area contributed by atoms with Crippen molar-refractivity contribution >= 4 is 73.9 Å². The van der Waals surface area contributed by atoms with Crippen LogP contribution in [0.2, 0.25) is 0 Å². The van der Waals surface area contributed by atoms with Crippen molar-refractivity contribution in [3.05, 3.63) is 143 Å². The van der Waals surface area contributed by atoms with Crippen molar-refractivity contribution in [1.29, 1.82) is 0 Å². The van der Waals surface area contributed by atoms with E-state index in [1.54, 1.807) is 151 Å². The van der Waals surface area contributed by atoms with Crippen LogP contribution >= 0.6 is 13.0 Å². The molecule has 31 heteroatoms. The molecule has 6 aromatic rings. The molecule has 0 amide bonds. The van der Waals surface area contributed by atoms with Gasteiger partial charge in [-0.1, -0.05) is 107 Å². The number of rotatable bonds is 24. The van der Waals surface area contributed by atoms with Crippen molar-refractivity contribution in [1.82, 2.24) is 28.7 Å². The molecule has 0 aliphatic rings. The fraction of sp³-hybridized carbons (Fsp3) is 0.222. The van der Waals surface area contributed by atoms with Gasteiger partial charge in [0.05, 0.1) is 79.9 Å². The third-order valence-electron chi connectivity index (χ3n) is 11.8. The van der Waals surface area contributed by atoms with Crippen LogP contribution in [-0.4, -0.2) is 151 Å². The summed E-state index contributed by atoms with van der Waals surface area (Å²) in [4.78, 5) is 0. The molecule has 0 saturated carbocycles. The summed E-state index contributed by atoms with van der Waals surface area (Å²) in [5.74, 6) is -0.927. The largest absolute Gasteiger partial charge is 2.00 e. The van der Waals surface area contributed by atoms with Crippen LogP contribution in [0, 0.1) is 38.2 Å². The third kappa shape index (κ3) is 18.2. The Bertz CT molecular complexity index is 2900. The Kier molecular flexibility index (Phi) is 30.7. The van der Waals surface area contributed by atoms with Crippen molar-refractivity contribution in [2.45, 2.75) is 0 Å². The van der Waals surface area contributed by atoms with Crippen molar-refractivity contribution in [2.24, 2.45) is 30.6 Å². The summed E-state index contributed by atoms with van der Waals surface area (Å²) < 4.78 is 39.4. The SMILES string of the molecule is COc1cccc(/C=N/N(C)P(=S)(N(C)/N=C/c2cccc(OC)c2[O-])N(C)/N=C/c2cccc(OC)c2[O-])c1[O-].COc1cccc(/C=N/N(C)P(=S)(N(C)/N=C/c2cccc(OC)c2[O-])N(C)/N=C/c2cccc(OC)c2[O-])c1[O-].[Dy].[Mn+2].[Mn+2]. The molecule has 0 spiro atoms. The molecule has 0 aliphatic carbocycles. The molecule has 0 aromatic heterocycles. The molecule has 456 valence electrons. The number of benzene rings is 6. The number of para-hydroxylation sites is 6. The minimum absolute atomic E-state index is 0. The quantitative estimate of drug-likeness (QED) is 0.0343. The topological polar surface area (TPSA) is 287 Å². The molecule has 0 saturated heterocycles. The number of hydrazone groups is 6. The maximum absolute atomic E-state index is 12.6. The van der Waals surface area contributed by atoms with Gasteiger partial charge < -0.3 is 59.1 Å². The zero-order chi connectivity index (χ0) is 60.3. The summed E-state index contributed by atoms with van der Waals surface area (Å²) in [6.07, 6.45) is 8.23. The van der Waals surface area contributed by atoms with Gasteiger partial charge in [0.1, 0.15) is 34.5 Å². The van der Waals surface area contributed by atoms with Crippen LogP contribution in [0.5, 0.6) is 69.0 Å². The zero-order valence-electron chi connectivity index (χ0n) is 47.9. The standard InChI is InChI=1S/2C27H33N6O6PS.Dy.2Mn/c2*1-31(28-16-19-10-7-13-22(37-4)25(19)34)40(41,32(2)29-17-20-11-8-14-23(38-5)26(20)35)33(3)30-18-21-12-9-15-24(39-6)27(21)36;;;/h2*7-18,34-36H,1-6H3;;;/q;;;2*+2/p-6/b2*28-16+,29-17+,30-18+;;;. The predicted octanol–water partition coefficient (Wildman–Crippen LogP) is 4.71. The fourth-order valence-electron chi connectivity index (χ4n) is 7.17. The van der Waals surface area contributed by atoms with Crippen LogP contribution in [0.4, 0.5) is 0 Å². The monoisotopic (exact) mass is 1470 g/mol. The number of ether oxygens (including phenoxy) is 6. The van der Waals surface area contributed by atoms with Gasteiger partial charge in [0, 0.05) is 80.5 Å². The van der Waals surface area contributed by atoms with Gasteiger partial charge in [0.25, 0.3) is 13.0 Å². The molecule has 2 radical (unpaired) electrons. The van der Waals surface area contributed by atoms with Gasteiger partial charge in [0.2, 0.25) is 0 Å². The van der Waals surface area contributed by atoms with Crippen molar-refractivity contribution in [3.8, 4) is 69.0 Å². The first kappa shape index (κ1) is 74.5. The van der Waals surface area contributed by atoms with Crippen molar-refractivity contribution in [2.75, 3.05) is 84.9 Å². The molecule has 0 N–H and O–H groups in total. The number of nitrogens with zero attached hydrogens (tertiary/aromatic N) is 12. The zero-order valence-corrected chi connectivity index (χ0v) is 55.7. The summed E-state index contributed by atoms with van der Waals surface area (Å²) in [6.45, 7) is -6.33. The van der Waals surface area contributed by atoms with Crippen LogP contribution in [-0.2, 0) is 57.8 Å². The molecule has 24 nitrogen and oxygen atoms in total. The summed E-state index contributed by atoms with van der Waals surface area (Å²) in [5.41, 5.74) is 1.72. The Morgan fingerprint density at radius 2 is 0.435 bits per heavy atom. The Labute approximate surface area is 556 Å². The predicted molar refractivity (Wildman–Crippen MR) is 315 cm³/mol. The maximum Gasteiger partial charge on any atom is 2.00 e. The van der Waals surface area contributed by atoms with E-state index in [-0.39, 0.29) is 175 Å². The van der Waals surface area contributed by atoms with Gasteiger partial charge >= 0.3 is 34.1 Å². The van der Waals surface area contributed by atoms with Gasteiger partial charge in [-0.15, -0.1) is 0 Å². The van der Waals surface area contributed by atoms with E-state index >= 15 is 0 Å². The summed E-state index contributed by atoms with van der Waals surface area (Å²) in [5, 5.41) is 102. The number of methoxy groups -OCH3 is 6. The van der Waals surface area contributed by atoms with E-state index in [1.165, 1.54) is 109 Å². The van der Waals surface area contributed by atoms with E-state index in [9.17, 15) is 30.6 Å². The molecule has 85 heavy (non-hydrogen) atoms. The number of hydrogen-bond donors (Lipinski definition) is 0. The van der Waals surface area contributed by atoms with Crippen molar-refractivity contribution < 1.29 is 131 Å². The molecule has 6 aromatic carbocycles. The third-order valence-corrected chi connectivity index (χ3v) is 21.2. The Hall–Kier alpha value is -6.65. The second-order valence-electron chi connectivity index (χ2n) is 16.7. The van der Waals surface area contributed by atoms with Gasteiger partial charge in [0.15, 0.2) is 0 Å². The molecule has 6 rings (SSSR count). The summed E-state index contributed by atoms with van der Waals surface area (Å²) >= 11 is 12.2. The second-order valence-corrected chi connectivity index (χ2v) is 25.2. The average Bonchev–Trinajstić information content (AvgIpc) is 3.63. The van der Waals surface area contributed by atoms with E-state index in [1.807, 2.05) is 0 Å². The Morgan fingerprint density at radius 3 is 0.553 bits per heavy atom. The van der Waals surface area contributed by atoms with Gasteiger partial charge in [-0.2, -0.15) is 30.6 Å². The molecule has 0 heterocycles. The summed E-state index contributed by atoms with van der Waals surface area (Å²) in [7, 11) is 18.2. The smallest absolute Gasteiger partial charge is 0.870 e. The first-order chi connectivity index (χ1) is 39.2. The molecule has 0 fully saturated rings. The van der Waals surface area contributed by atoms with Crippen molar-refractivity contribution in [3.63, 3.8) is 0 Å². The molecule has 0 aliphatic heterocycles. The molecule has 0 unspecified atom stereocenters. The Balaban J connectivity index is 0.000000560. The molecular formula is C54H60DyMn2N12O12P2S2-2. The van der Waals surface area contributed by atoms with E-state index in [2.05, 4.69) is 30.6 Å². The van der Waals surface area contributed by atoms with E-state index in [4.69, 9.17) is 52.0 Å². The van der Waals surface area contributed by atoms with Gasteiger partial charge in [-0.05, 0) is 93.4 Å². The first-order valence-electron chi connectivity index (χ1n) is 24.1.